The van der Waals surface area contributed by atoms with Gasteiger partial charge in [0.2, 0.25) is 0 Å². The summed E-state index contributed by atoms with van der Waals surface area (Å²) in [5.74, 6) is 0.590. The van der Waals surface area contributed by atoms with Crippen molar-refractivity contribution < 1.29 is 4.74 Å². The molecule has 3 nitrogen and oxygen atoms in total. The summed E-state index contributed by atoms with van der Waals surface area (Å²) in [6.07, 6.45) is 3.91. The first-order valence-electron chi connectivity index (χ1n) is 7.73. The largest absolute Gasteiger partial charge is 0.489 e. The Kier molecular flexibility index (Phi) is 7.11. The van der Waals surface area contributed by atoms with Gasteiger partial charge in [-0.25, -0.2) is 0 Å². The van der Waals surface area contributed by atoms with Crippen molar-refractivity contribution >= 4 is 23.2 Å². The molecule has 0 amide bonds. The summed E-state index contributed by atoms with van der Waals surface area (Å²) >= 11 is 12.2. The van der Waals surface area contributed by atoms with Crippen molar-refractivity contribution in [3.8, 4) is 5.75 Å². The second-order valence-electron chi connectivity index (χ2n) is 5.44. The van der Waals surface area contributed by atoms with Crippen molar-refractivity contribution in [3.05, 3.63) is 28.2 Å². The smallest absolute Gasteiger partial charge is 0.156 e. The normalized spacial score (nSPS) is 19.0. The third-order valence-corrected chi connectivity index (χ3v) is 4.51. The molecule has 0 aromatic heterocycles. The standard InChI is InChI=1S/C16H24Cl2N2O/c1-2-20(12-13-6-3-4-9-19-13)10-11-21-16-14(17)7-5-8-15(16)18/h5,7-8,13,19H,2-4,6,9-12H2,1H3. The predicted molar refractivity (Wildman–Crippen MR) is 89.7 cm³/mol. The molecule has 1 N–H and O–H groups in total. The molecule has 21 heavy (non-hydrogen) atoms. The van der Waals surface area contributed by atoms with Gasteiger partial charge in [0.25, 0.3) is 0 Å². The summed E-state index contributed by atoms with van der Waals surface area (Å²) in [7, 11) is 0. The molecule has 1 unspecified atom stereocenters. The predicted octanol–water partition coefficient (Wildman–Crippen LogP) is 3.84. The van der Waals surface area contributed by atoms with Crippen molar-refractivity contribution in [2.75, 3.05) is 32.8 Å². The van der Waals surface area contributed by atoms with E-state index in [1.54, 1.807) is 12.1 Å². The summed E-state index contributed by atoms with van der Waals surface area (Å²) < 4.78 is 5.76. The highest BCUT2D eigenvalue weighted by molar-refractivity contribution is 6.37. The first kappa shape index (κ1) is 16.9. The van der Waals surface area contributed by atoms with Gasteiger partial charge in [0.15, 0.2) is 5.75 Å². The van der Waals surface area contributed by atoms with E-state index in [0.717, 1.165) is 26.2 Å². The maximum atomic E-state index is 6.10. The fraction of sp³-hybridized carbons (Fsp3) is 0.625. The van der Waals surface area contributed by atoms with Gasteiger partial charge >= 0.3 is 0 Å². The molecule has 1 heterocycles. The third kappa shape index (κ3) is 5.33. The molecule has 0 spiro atoms. The zero-order chi connectivity index (χ0) is 15.1. The van der Waals surface area contributed by atoms with E-state index in [1.165, 1.54) is 19.3 Å². The number of ether oxygens (including phenoxy) is 1. The first-order chi connectivity index (χ1) is 10.2. The Bertz CT molecular complexity index is 416. The number of nitrogens with zero attached hydrogens (tertiary/aromatic N) is 1. The van der Waals surface area contributed by atoms with E-state index < -0.39 is 0 Å². The molecule has 1 aromatic rings. The third-order valence-electron chi connectivity index (χ3n) is 3.91. The Morgan fingerprint density at radius 2 is 2.05 bits per heavy atom. The Morgan fingerprint density at radius 3 is 2.67 bits per heavy atom. The van der Waals surface area contributed by atoms with E-state index in [0.29, 0.717) is 28.4 Å². The molecule has 1 aromatic carbocycles. The van der Waals surface area contributed by atoms with E-state index in [-0.39, 0.29) is 0 Å². The van der Waals surface area contributed by atoms with Gasteiger partial charge < -0.3 is 10.1 Å². The molecule has 0 radical (unpaired) electrons. The van der Waals surface area contributed by atoms with Crippen LogP contribution in [0.5, 0.6) is 5.75 Å². The molecule has 0 aliphatic carbocycles. The Hall–Kier alpha value is -0.480. The molecule has 1 fully saturated rings. The van der Waals surface area contributed by atoms with Crippen molar-refractivity contribution in [1.29, 1.82) is 0 Å². The highest BCUT2D eigenvalue weighted by atomic mass is 35.5. The van der Waals surface area contributed by atoms with Crippen LogP contribution in [0, 0.1) is 0 Å². The molecular formula is C16H24Cl2N2O. The van der Waals surface area contributed by atoms with Crippen LogP contribution in [-0.4, -0.2) is 43.7 Å². The van der Waals surface area contributed by atoms with Crippen molar-refractivity contribution in [2.24, 2.45) is 0 Å². The van der Waals surface area contributed by atoms with Gasteiger partial charge in [-0.3, -0.25) is 4.90 Å². The number of benzene rings is 1. The maximum absolute atomic E-state index is 6.10. The fourth-order valence-electron chi connectivity index (χ4n) is 2.67. The average molecular weight is 331 g/mol. The van der Waals surface area contributed by atoms with E-state index in [4.69, 9.17) is 27.9 Å². The van der Waals surface area contributed by atoms with Gasteiger partial charge in [-0.2, -0.15) is 0 Å². The van der Waals surface area contributed by atoms with Gasteiger partial charge in [0.1, 0.15) is 6.61 Å². The van der Waals surface area contributed by atoms with E-state index in [2.05, 4.69) is 17.1 Å². The quantitative estimate of drug-likeness (QED) is 0.822. The van der Waals surface area contributed by atoms with Gasteiger partial charge in [-0.05, 0) is 38.1 Å². The molecule has 1 saturated heterocycles. The molecule has 5 heteroatoms. The first-order valence-corrected chi connectivity index (χ1v) is 8.49. The second-order valence-corrected chi connectivity index (χ2v) is 6.25. The molecule has 2 rings (SSSR count). The molecule has 1 aliphatic rings. The number of hydrogen-bond donors (Lipinski definition) is 1. The fourth-order valence-corrected chi connectivity index (χ4v) is 3.17. The lowest BCUT2D eigenvalue weighted by atomic mass is 10.0. The molecule has 0 saturated carbocycles. The van der Waals surface area contributed by atoms with Crippen LogP contribution in [-0.2, 0) is 0 Å². The molecule has 118 valence electrons. The van der Waals surface area contributed by atoms with E-state index in [9.17, 15) is 0 Å². The Labute approximate surface area is 137 Å². The Balaban J connectivity index is 1.77. The zero-order valence-electron chi connectivity index (χ0n) is 12.6. The lowest BCUT2D eigenvalue weighted by molar-refractivity contribution is 0.190. The van der Waals surface area contributed by atoms with Gasteiger partial charge in [0, 0.05) is 19.1 Å². The van der Waals surface area contributed by atoms with Crippen molar-refractivity contribution in [2.45, 2.75) is 32.2 Å². The van der Waals surface area contributed by atoms with Crippen LogP contribution in [0.4, 0.5) is 0 Å². The van der Waals surface area contributed by atoms with E-state index >= 15 is 0 Å². The summed E-state index contributed by atoms with van der Waals surface area (Å²) in [5.41, 5.74) is 0. The SMILES string of the molecule is CCN(CCOc1c(Cl)cccc1Cl)CC1CCCCN1. The van der Waals surface area contributed by atoms with Crippen molar-refractivity contribution in [3.63, 3.8) is 0 Å². The Morgan fingerprint density at radius 1 is 1.29 bits per heavy atom. The van der Waals surface area contributed by atoms with Crippen LogP contribution in [0.3, 0.4) is 0 Å². The van der Waals surface area contributed by atoms with E-state index in [1.807, 2.05) is 6.07 Å². The van der Waals surface area contributed by atoms with Crippen LogP contribution in [0.1, 0.15) is 26.2 Å². The van der Waals surface area contributed by atoms with Gasteiger partial charge in [-0.15, -0.1) is 0 Å². The van der Waals surface area contributed by atoms with Crippen LogP contribution in [0.15, 0.2) is 18.2 Å². The summed E-state index contributed by atoms with van der Waals surface area (Å²) in [6.45, 7) is 6.92. The number of hydrogen-bond acceptors (Lipinski definition) is 3. The number of nitrogens with one attached hydrogen (secondary N) is 1. The molecule has 1 aliphatic heterocycles. The maximum Gasteiger partial charge on any atom is 0.156 e. The molecule has 1 atom stereocenters. The van der Waals surface area contributed by atoms with Gasteiger partial charge in [-0.1, -0.05) is 42.6 Å². The lowest BCUT2D eigenvalue weighted by Gasteiger charge is -2.29. The zero-order valence-corrected chi connectivity index (χ0v) is 14.1. The number of rotatable bonds is 7. The highest BCUT2D eigenvalue weighted by Crippen LogP contribution is 2.32. The summed E-state index contributed by atoms with van der Waals surface area (Å²) in [6, 6.07) is 6.03. The summed E-state index contributed by atoms with van der Waals surface area (Å²) in [5, 5.41) is 4.72. The van der Waals surface area contributed by atoms with Crippen LogP contribution in [0.2, 0.25) is 10.0 Å². The highest BCUT2D eigenvalue weighted by Gasteiger charge is 2.16. The minimum Gasteiger partial charge on any atom is -0.489 e. The second kappa shape index (κ2) is 8.84. The average Bonchev–Trinajstić information content (AvgIpc) is 2.50. The van der Waals surface area contributed by atoms with Crippen LogP contribution < -0.4 is 10.1 Å². The minimum absolute atomic E-state index is 0.569. The number of piperidine rings is 1. The summed E-state index contributed by atoms with van der Waals surface area (Å²) in [4.78, 5) is 2.41. The lowest BCUT2D eigenvalue weighted by Crippen LogP contribution is -2.44. The van der Waals surface area contributed by atoms with Crippen LogP contribution in [0.25, 0.3) is 0 Å². The van der Waals surface area contributed by atoms with Gasteiger partial charge in [0.05, 0.1) is 10.0 Å². The van der Waals surface area contributed by atoms with Crippen LogP contribution >= 0.6 is 23.2 Å². The molecular weight excluding hydrogens is 307 g/mol. The number of likely N-dealkylation sites (N-methyl/N-ethyl adjacent to an activating group) is 1. The number of halogens is 2. The topological polar surface area (TPSA) is 24.5 Å². The number of para-hydroxylation sites is 1. The van der Waals surface area contributed by atoms with Crippen molar-refractivity contribution in [1.82, 2.24) is 10.2 Å². The minimum atomic E-state index is 0.569. The monoisotopic (exact) mass is 330 g/mol. The molecule has 0 bridgehead atoms.